The molecule has 8 nitrogen and oxygen atoms in total. The Morgan fingerprint density at radius 1 is 1.19 bits per heavy atom. The zero-order valence-corrected chi connectivity index (χ0v) is 22.0. The maximum absolute atomic E-state index is 13.7. The van der Waals surface area contributed by atoms with E-state index in [0.717, 1.165) is 40.9 Å². The molecule has 3 atom stereocenters. The number of carbonyl (C=O) groups excluding carboxylic acids is 2. The number of rotatable bonds is 6. The second kappa shape index (κ2) is 9.57. The van der Waals surface area contributed by atoms with E-state index < -0.39 is 11.5 Å². The highest BCUT2D eigenvalue weighted by Gasteiger charge is 2.46. The monoisotopic (exact) mass is 499 g/mol. The van der Waals surface area contributed by atoms with Crippen molar-refractivity contribution in [3.8, 4) is 11.1 Å². The highest BCUT2D eigenvalue weighted by Crippen LogP contribution is 2.34. The van der Waals surface area contributed by atoms with Gasteiger partial charge >= 0.3 is 0 Å². The zero-order chi connectivity index (χ0) is 26.3. The summed E-state index contributed by atoms with van der Waals surface area (Å²) in [5, 5.41) is 7.39. The van der Waals surface area contributed by atoms with Crippen LogP contribution >= 0.6 is 0 Å². The van der Waals surface area contributed by atoms with Crippen molar-refractivity contribution in [3.63, 3.8) is 0 Å². The molecule has 3 aromatic rings. The minimum atomic E-state index is -0.991. The van der Waals surface area contributed by atoms with Gasteiger partial charge in [-0.1, -0.05) is 49.3 Å². The van der Waals surface area contributed by atoms with Crippen molar-refractivity contribution >= 4 is 17.6 Å². The molecule has 0 aliphatic carbocycles. The number of aryl methyl sites for hydroxylation is 2. The highest BCUT2D eigenvalue weighted by molar-refractivity contribution is 6.09. The third-order valence-corrected chi connectivity index (χ3v) is 7.54. The van der Waals surface area contributed by atoms with E-state index in [1.807, 2.05) is 82.0 Å². The molecule has 4 heterocycles. The van der Waals surface area contributed by atoms with Crippen LogP contribution in [0.3, 0.4) is 0 Å². The van der Waals surface area contributed by atoms with Crippen LogP contribution in [-0.4, -0.2) is 45.3 Å². The van der Waals surface area contributed by atoms with Crippen LogP contribution in [0.15, 0.2) is 58.2 Å². The fourth-order valence-corrected chi connectivity index (χ4v) is 5.44. The van der Waals surface area contributed by atoms with Crippen molar-refractivity contribution in [2.45, 2.75) is 65.0 Å². The molecule has 37 heavy (non-hydrogen) atoms. The van der Waals surface area contributed by atoms with Crippen LogP contribution in [-0.2, 0) is 15.1 Å². The molecule has 2 aliphatic heterocycles. The average Bonchev–Trinajstić information content (AvgIpc) is 3.59. The lowest BCUT2D eigenvalue weighted by atomic mass is 9.90. The topological polar surface area (TPSA) is 101 Å². The lowest BCUT2D eigenvalue weighted by molar-refractivity contribution is -0.134. The zero-order valence-electron chi connectivity index (χ0n) is 22.0. The molecule has 2 aromatic heterocycles. The molecule has 1 unspecified atom stereocenters. The molecular formula is C29H33N5O3. The van der Waals surface area contributed by atoms with Gasteiger partial charge in [0.05, 0.1) is 11.7 Å². The quantitative estimate of drug-likeness (QED) is 0.535. The molecule has 2 aliphatic rings. The molecule has 2 amide bonds. The van der Waals surface area contributed by atoms with Crippen LogP contribution in [0.25, 0.3) is 11.1 Å². The molecule has 8 heteroatoms. The number of nitrogens with zero attached hydrogens (tertiary/aromatic N) is 4. The molecule has 1 N–H and O–H groups in total. The van der Waals surface area contributed by atoms with Crippen molar-refractivity contribution < 1.29 is 14.1 Å². The van der Waals surface area contributed by atoms with Crippen molar-refractivity contribution in [1.82, 2.24) is 20.4 Å². The number of nitrogens with one attached hydrogen (secondary N) is 1. The predicted octanol–water partition coefficient (Wildman–Crippen LogP) is 4.53. The van der Waals surface area contributed by atoms with Crippen LogP contribution in [0.2, 0.25) is 0 Å². The van der Waals surface area contributed by atoms with Crippen LogP contribution in [0.4, 0.5) is 0 Å². The van der Waals surface area contributed by atoms with Gasteiger partial charge in [-0.05, 0) is 56.7 Å². The third kappa shape index (κ3) is 4.45. The van der Waals surface area contributed by atoms with E-state index in [1.165, 1.54) is 0 Å². The van der Waals surface area contributed by atoms with Crippen molar-refractivity contribution in [1.29, 1.82) is 0 Å². The second-order valence-electron chi connectivity index (χ2n) is 10.5. The number of hydrogen-bond donors (Lipinski definition) is 1. The smallest absolute Gasteiger partial charge is 0.277 e. The van der Waals surface area contributed by atoms with Crippen LogP contribution in [0, 0.1) is 19.8 Å². The average molecular weight is 500 g/mol. The Morgan fingerprint density at radius 3 is 2.59 bits per heavy atom. The third-order valence-electron chi connectivity index (χ3n) is 7.54. The Labute approximate surface area is 217 Å². The summed E-state index contributed by atoms with van der Waals surface area (Å²) < 4.78 is 5.48. The fraction of sp³-hybridized carbons (Fsp3) is 0.414. The van der Waals surface area contributed by atoms with Gasteiger partial charge in [-0.3, -0.25) is 14.6 Å². The SMILES string of the molecule is Cc1cc(C(C(=O)N2CCC[C@H]2C2=NC(=O)[C@](C)(c3ccc(-c4cccnc4C)cc3)N2)C(C)C)on1. The maximum atomic E-state index is 13.7. The van der Waals surface area contributed by atoms with E-state index in [2.05, 4.69) is 20.4 Å². The summed E-state index contributed by atoms with van der Waals surface area (Å²) in [6.07, 6.45) is 3.38. The number of pyridine rings is 1. The number of amides is 2. The Bertz CT molecular complexity index is 1360. The number of carbonyl (C=O) groups is 2. The van der Waals surface area contributed by atoms with E-state index in [1.54, 1.807) is 6.20 Å². The van der Waals surface area contributed by atoms with Crippen LogP contribution < -0.4 is 5.32 Å². The van der Waals surface area contributed by atoms with Crippen molar-refractivity contribution in [3.05, 3.63) is 71.4 Å². The minimum Gasteiger partial charge on any atom is -0.360 e. The number of benzene rings is 1. The molecule has 192 valence electrons. The predicted molar refractivity (Wildman–Crippen MR) is 141 cm³/mol. The van der Waals surface area contributed by atoms with Gasteiger partial charge in [0, 0.05) is 30.1 Å². The van der Waals surface area contributed by atoms with Gasteiger partial charge in [-0.25, -0.2) is 0 Å². The largest absolute Gasteiger partial charge is 0.360 e. The lowest BCUT2D eigenvalue weighted by Crippen LogP contribution is -2.51. The molecule has 5 rings (SSSR count). The summed E-state index contributed by atoms with van der Waals surface area (Å²) in [5.74, 6) is 0.465. The maximum Gasteiger partial charge on any atom is 0.277 e. The molecule has 1 saturated heterocycles. The van der Waals surface area contributed by atoms with Gasteiger partial charge in [-0.15, -0.1) is 0 Å². The normalized spacial score (nSPS) is 22.3. The Morgan fingerprint density at radius 2 is 1.95 bits per heavy atom. The molecule has 0 bridgehead atoms. The Balaban J connectivity index is 1.37. The summed E-state index contributed by atoms with van der Waals surface area (Å²) in [7, 11) is 0. The molecule has 0 saturated carbocycles. The van der Waals surface area contributed by atoms with Gasteiger partial charge < -0.3 is 14.7 Å². The second-order valence-corrected chi connectivity index (χ2v) is 10.5. The van der Waals surface area contributed by atoms with Gasteiger partial charge in [0.25, 0.3) is 5.91 Å². The summed E-state index contributed by atoms with van der Waals surface area (Å²) in [4.78, 5) is 37.6. The highest BCUT2D eigenvalue weighted by atomic mass is 16.5. The summed E-state index contributed by atoms with van der Waals surface area (Å²) in [6.45, 7) is 10.3. The number of likely N-dealkylation sites (tertiary alicyclic amines) is 1. The molecule has 0 spiro atoms. The number of amidine groups is 1. The van der Waals surface area contributed by atoms with Crippen molar-refractivity contribution in [2.75, 3.05) is 6.54 Å². The molecular weight excluding hydrogens is 466 g/mol. The van der Waals surface area contributed by atoms with Crippen molar-refractivity contribution in [2.24, 2.45) is 10.9 Å². The fourth-order valence-electron chi connectivity index (χ4n) is 5.44. The standard InChI is InChI=1S/C29H33N5O3/c1-17(2)25(24-16-18(3)33-37-24)27(35)34-15-7-9-23(34)26-31-28(36)29(5,32-26)21-12-10-20(11-13-21)22-8-6-14-30-19(22)4/h6,8,10-14,16-17,23,25H,7,9,15H2,1-5H3,(H,31,32,36)/t23-,25?,29-/m0/s1. The first-order valence-corrected chi connectivity index (χ1v) is 12.9. The first kappa shape index (κ1) is 24.9. The molecule has 1 fully saturated rings. The van der Waals surface area contributed by atoms with Crippen LogP contribution in [0.5, 0.6) is 0 Å². The first-order valence-electron chi connectivity index (χ1n) is 12.9. The van der Waals surface area contributed by atoms with E-state index in [0.29, 0.717) is 18.1 Å². The molecule has 0 radical (unpaired) electrons. The van der Waals surface area contributed by atoms with E-state index >= 15 is 0 Å². The van der Waals surface area contributed by atoms with Gasteiger partial charge in [0.15, 0.2) is 0 Å². The van der Waals surface area contributed by atoms with Crippen LogP contribution in [0.1, 0.15) is 62.2 Å². The number of hydrogen-bond acceptors (Lipinski definition) is 6. The van der Waals surface area contributed by atoms with Gasteiger partial charge in [-0.2, -0.15) is 4.99 Å². The first-order chi connectivity index (χ1) is 17.7. The number of aliphatic imine (C=N–C) groups is 1. The van der Waals surface area contributed by atoms with E-state index in [9.17, 15) is 9.59 Å². The lowest BCUT2D eigenvalue weighted by Gasteiger charge is -2.31. The Hall–Kier alpha value is -3.81. The van der Waals surface area contributed by atoms with Gasteiger partial charge in [0.1, 0.15) is 23.1 Å². The number of aromatic nitrogens is 2. The minimum absolute atomic E-state index is 0.0182. The summed E-state index contributed by atoms with van der Waals surface area (Å²) >= 11 is 0. The van der Waals surface area contributed by atoms with E-state index in [4.69, 9.17) is 4.52 Å². The van der Waals surface area contributed by atoms with E-state index in [-0.39, 0.29) is 23.8 Å². The Kier molecular flexibility index (Phi) is 6.43. The summed E-state index contributed by atoms with van der Waals surface area (Å²) in [6, 6.07) is 13.5. The molecule has 1 aromatic carbocycles. The van der Waals surface area contributed by atoms with Gasteiger partial charge in [0.2, 0.25) is 5.91 Å². The summed E-state index contributed by atoms with van der Waals surface area (Å²) in [5.41, 5.74) is 3.64.